The second-order valence-corrected chi connectivity index (χ2v) is 13.7. The molecule has 1 heteroatoms. The zero-order valence-electron chi connectivity index (χ0n) is 30.1. The summed E-state index contributed by atoms with van der Waals surface area (Å²) in [5.74, 6) is 0. The Hall–Kier alpha value is -6.96. The Morgan fingerprint density at radius 1 is 0.352 bits per heavy atom. The van der Waals surface area contributed by atoms with E-state index < -0.39 is 5.41 Å². The lowest BCUT2D eigenvalue weighted by Gasteiger charge is -2.35. The van der Waals surface area contributed by atoms with Crippen LogP contribution in [0.25, 0.3) is 45.5 Å². The summed E-state index contributed by atoms with van der Waals surface area (Å²) in [6, 6.07) is 72.8. The summed E-state index contributed by atoms with van der Waals surface area (Å²) in [7, 11) is 0. The predicted octanol–water partition coefficient (Wildman–Crippen LogP) is 14.1. The van der Waals surface area contributed by atoms with Gasteiger partial charge in [0.15, 0.2) is 0 Å². The molecule has 0 aliphatic heterocycles. The molecular weight excluding hydrogens is 651 g/mol. The second-order valence-electron chi connectivity index (χ2n) is 13.7. The number of nitrogens with zero attached hydrogens (tertiary/aromatic N) is 1. The number of rotatable bonds is 9. The normalized spacial score (nSPS) is 12.4. The summed E-state index contributed by atoms with van der Waals surface area (Å²) in [4.78, 5) is 2.50. The van der Waals surface area contributed by atoms with Gasteiger partial charge in [-0.2, -0.15) is 0 Å². The highest BCUT2D eigenvalue weighted by Crippen LogP contribution is 2.60. The van der Waals surface area contributed by atoms with Crippen LogP contribution >= 0.6 is 0 Å². The Balaban J connectivity index is 1.40. The SMILES string of the molecule is C=Cc1ccc(C2(c3ccc(C=C)cc3)c3ccccc3-c3c(N(c4ccccc4-c4ccccc4)c4ccccc4-c4ccccc4)cccc32)cc1. The van der Waals surface area contributed by atoms with Crippen molar-refractivity contribution in [3.8, 4) is 33.4 Å². The van der Waals surface area contributed by atoms with E-state index in [9.17, 15) is 0 Å². The molecular formula is C53H39N. The molecule has 0 unspecified atom stereocenters. The first-order chi connectivity index (χ1) is 26.7. The van der Waals surface area contributed by atoms with Crippen LogP contribution in [0.2, 0.25) is 0 Å². The Bertz CT molecular complexity index is 2480. The average Bonchev–Trinajstić information content (AvgIpc) is 3.56. The van der Waals surface area contributed by atoms with E-state index in [4.69, 9.17) is 0 Å². The first-order valence-corrected chi connectivity index (χ1v) is 18.5. The van der Waals surface area contributed by atoms with Crippen molar-refractivity contribution in [3.05, 3.63) is 247 Å². The molecule has 0 atom stereocenters. The van der Waals surface area contributed by atoms with Gasteiger partial charge in [0, 0.05) is 16.7 Å². The molecule has 0 radical (unpaired) electrons. The van der Waals surface area contributed by atoms with Crippen molar-refractivity contribution in [2.24, 2.45) is 0 Å². The lowest BCUT2D eigenvalue weighted by Crippen LogP contribution is -2.28. The number of para-hydroxylation sites is 2. The van der Waals surface area contributed by atoms with Crippen LogP contribution < -0.4 is 4.90 Å². The Morgan fingerprint density at radius 3 is 1.26 bits per heavy atom. The van der Waals surface area contributed by atoms with Crippen molar-refractivity contribution in [3.63, 3.8) is 0 Å². The molecule has 256 valence electrons. The number of hydrogen-bond acceptors (Lipinski definition) is 1. The third-order valence-corrected chi connectivity index (χ3v) is 10.9. The monoisotopic (exact) mass is 689 g/mol. The fourth-order valence-electron chi connectivity index (χ4n) is 8.47. The summed E-state index contributed by atoms with van der Waals surface area (Å²) in [5, 5.41) is 0. The first kappa shape index (κ1) is 32.9. The van der Waals surface area contributed by atoms with Crippen molar-refractivity contribution >= 4 is 29.2 Å². The van der Waals surface area contributed by atoms with Crippen molar-refractivity contribution in [2.75, 3.05) is 4.90 Å². The van der Waals surface area contributed by atoms with Crippen LogP contribution in [0.5, 0.6) is 0 Å². The van der Waals surface area contributed by atoms with Gasteiger partial charge in [-0.3, -0.25) is 0 Å². The van der Waals surface area contributed by atoms with Gasteiger partial charge in [0.1, 0.15) is 0 Å². The molecule has 1 nitrogen and oxygen atoms in total. The molecule has 1 aliphatic carbocycles. The maximum Gasteiger partial charge on any atom is 0.0714 e. The molecule has 8 aromatic rings. The van der Waals surface area contributed by atoms with E-state index in [1.54, 1.807) is 0 Å². The maximum atomic E-state index is 4.06. The van der Waals surface area contributed by atoms with E-state index in [2.05, 4.69) is 218 Å². The fraction of sp³-hybridized carbons (Fsp3) is 0.0189. The van der Waals surface area contributed by atoms with Gasteiger partial charge in [-0.1, -0.05) is 207 Å². The lowest BCUT2D eigenvalue weighted by molar-refractivity contribution is 0.768. The van der Waals surface area contributed by atoms with Gasteiger partial charge in [-0.15, -0.1) is 0 Å². The van der Waals surface area contributed by atoms with Crippen LogP contribution in [0.3, 0.4) is 0 Å². The Morgan fingerprint density at radius 2 is 0.759 bits per heavy atom. The van der Waals surface area contributed by atoms with Gasteiger partial charge >= 0.3 is 0 Å². The van der Waals surface area contributed by atoms with Crippen LogP contribution in [0.4, 0.5) is 17.1 Å². The molecule has 0 heterocycles. The molecule has 0 spiro atoms. The van der Waals surface area contributed by atoms with Gasteiger partial charge in [0.2, 0.25) is 0 Å². The number of fused-ring (bicyclic) bond motifs is 3. The predicted molar refractivity (Wildman–Crippen MR) is 229 cm³/mol. The van der Waals surface area contributed by atoms with Crippen LogP contribution in [0.15, 0.2) is 213 Å². The summed E-state index contributed by atoms with van der Waals surface area (Å²) >= 11 is 0. The molecule has 54 heavy (non-hydrogen) atoms. The van der Waals surface area contributed by atoms with Crippen LogP contribution in [0.1, 0.15) is 33.4 Å². The number of anilines is 3. The molecule has 0 N–H and O–H groups in total. The van der Waals surface area contributed by atoms with Crippen LogP contribution in [-0.4, -0.2) is 0 Å². The van der Waals surface area contributed by atoms with Gasteiger partial charge < -0.3 is 4.90 Å². The topological polar surface area (TPSA) is 3.24 Å². The second kappa shape index (κ2) is 13.9. The molecule has 0 amide bonds. The zero-order chi connectivity index (χ0) is 36.5. The summed E-state index contributed by atoms with van der Waals surface area (Å²) in [6.45, 7) is 8.11. The minimum Gasteiger partial charge on any atom is -0.309 e. The summed E-state index contributed by atoms with van der Waals surface area (Å²) in [6.07, 6.45) is 3.83. The van der Waals surface area contributed by atoms with E-state index in [0.29, 0.717) is 0 Å². The van der Waals surface area contributed by atoms with Gasteiger partial charge in [0.05, 0.1) is 22.5 Å². The molecule has 0 saturated heterocycles. The van der Waals surface area contributed by atoms with Crippen molar-refractivity contribution in [1.82, 2.24) is 0 Å². The average molecular weight is 690 g/mol. The molecule has 0 aromatic heterocycles. The number of benzene rings is 8. The quantitative estimate of drug-likeness (QED) is 0.146. The van der Waals surface area contributed by atoms with Crippen molar-refractivity contribution in [1.29, 1.82) is 0 Å². The van der Waals surface area contributed by atoms with E-state index in [1.807, 2.05) is 12.2 Å². The number of hydrogen-bond donors (Lipinski definition) is 0. The smallest absolute Gasteiger partial charge is 0.0714 e. The maximum absolute atomic E-state index is 4.06. The minimum atomic E-state index is -0.578. The lowest BCUT2D eigenvalue weighted by atomic mass is 9.67. The molecule has 0 fully saturated rings. The molecule has 8 aromatic carbocycles. The summed E-state index contributed by atoms with van der Waals surface area (Å²) in [5.41, 5.74) is 17.0. The Kier molecular flexibility index (Phi) is 8.46. The Labute approximate surface area is 318 Å². The van der Waals surface area contributed by atoms with Crippen molar-refractivity contribution < 1.29 is 0 Å². The highest BCUT2D eigenvalue weighted by molar-refractivity contribution is 6.01. The van der Waals surface area contributed by atoms with E-state index in [1.165, 1.54) is 44.5 Å². The highest BCUT2D eigenvalue weighted by atomic mass is 15.2. The van der Waals surface area contributed by atoms with Crippen molar-refractivity contribution in [2.45, 2.75) is 5.41 Å². The van der Waals surface area contributed by atoms with E-state index in [-0.39, 0.29) is 0 Å². The van der Waals surface area contributed by atoms with E-state index >= 15 is 0 Å². The highest BCUT2D eigenvalue weighted by Gasteiger charge is 2.47. The first-order valence-electron chi connectivity index (χ1n) is 18.5. The van der Waals surface area contributed by atoms with Crippen LogP contribution in [0, 0.1) is 0 Å². The van der Waals surface area contributed by atoms with E-state index in [0.717, 1.165) is 39.3 Å². The third kappa shape index (κ3) is 5.33. The standard InChI is InChI=1S/C53H39N/c1-3-38-30-34-42(35-31-38)53(43-36-32-39(4-2)33-37-43)47-25-14-11-24-46(47)52-48(53)26-17-29-51(52)54(49-27-15-12-22-44(49)40-18-7-5-8-19-40)50-28-16-13-23-45(50)41-20-9-6-10-21-41/h3-37H,1-2H2. The minimum absolute atomic E-state index is 0.578. The van der Waals surface area contributed by atoms with Crippen LogP contribution in [-0.2, 0) is 5.41 Å². The molecule has 0 saturated carbocycles. The molecule has 0 bridgehead atoms. The molecule has 1 aliphatic rings. The van der Waals surface area contributed by atoms with Gasteiger partial charge in [-0.05, 0) is 68.3 Å². The fourth-order valence-corrected chi connectivity index (χ4v) is 8.47. The van der Waals surface area contributed by atoms with Gasteiger partial charge in [-0.25, -0.2) is 0 Å². The summed E-state index contributed by atoms with van der Waals surface area (Å²) < 4.78 is 0. The van der Waals surface area contributed by atoms with Gasteiger partial charge in [0.25, 0.3) is 0 Å². The zero-order valence-corrected chi connectivity index (χ0v) is 30.1. The largest absolute Gasteiger partial charge is 0.309 e. The molecule has 9 rings (SSSR count). The third-order valence-electron chi connectivity index (χ3n) is 10.9.